The van der Waals surface area contributed by atoms with Crippen molar-refractivity contribution in [2.75, 3.05) is 19.7 Å². The largest absolute Gasteiger partial charge is 0.361 e. The van der Waals surface area contributed by atoms with E-state index in [0.717, 1.165) is 5.56 Å². The summed E-state index contributed by atoms with van der Waals surface area (Å²) in [6.45, 7) is 10.7. The number of halogens is 1. The summed E-state index contributed by atoms with van der Waals surface area (Å²) < 4.78 is 5.39. The molecule has 49 heavy (non-hydrogen) atoms. The van der Waals surface area contributed by atoms with Crippen LogP contribution in [0.4, 0.5) is 4.79 Å². The Morgan fingerprint density at radius 1 is 0.816 bits per heavy atom. The Morgan fingerprint density at radius 3 is 1.94 bits per heavy atom. The Morgan fingerprint density at radius 2 is 1.37 bits per heavy atom. The van der Waals surface area contributed by atoms with E-state index in [4.69, 9.17) is 16.3 Å². The number of ether oxygens (including phenoxy) is 1. The highest BCUT2D eigenvalue weighted by Gasteiger charge is 2.50. The van der Waals surface area contributed by atoms with Gasteiger partial charge >= 0.3 is 6.03 Å². The molecule has 2 aliphatic heterocycles. The molecular weight excluding hydrogens is 646 g/mol. The Balaban J connectivity index is 1.40. The van der Waals surface area contributed by atoms with Gasteiger partial charge in [0.15, 0.2) is 5.78 Å². The summed E-state index contributed by atoms with van der Waals surface area (Å²) in [7, 11) is 0. The SMILES string of the molecule is CC(C)C[C@H](NC(=O)N1CCC(NC(=O)c2ccc(Cl)cc2)CC1)C(=O)N[C@@H](Cc1ccccc1)C(=O)N[C@@H](CC(C)C)C(=O)[C@@]1(C)CO1. The van der Waals surface area contributed by atoms with Gasteiger partial charge in [-0.2, -0.15) is 0 Å². The van der Waals surface area contributed by atoms with Gasteiger partial charge in [0.1, 0.15) is 17.7 Å². The molecule has 4 atom stereocenters. The smallest absolute Gasteiger partial charge is 0.318 e. The van der Waals surface area contributed by atoms with Gasteiger partial charge in [-0.25, -0.2) is 4.79 Å². The predicted molar refractivity (Wildman–Crippen MR) is 188 cm³/mol. The maximum absolute atomic E-state index is 13.8. The van der Waals surface area contributed by atoms with Gasteiger partial charge in [-0.05, 0) is 74.3 Å². The molecule has 0 unspecified atom stereocenters. The van der Waals surface area contributed by atoms with E-state index in [9.17, 15) is 24.0 Å². The molecule has 2 aromatic carbocycles. The van der Waals surface area contributed by atoms with E-state index in [2.05, 4.69) is 21.3 Å². The molecule has 12 heteroatoms. The number of nitrogens with zero attached hydrogens (tertiary/aromatic N) is 1. The first-order valence-electron chi connectivity index (χ1n) is 17.2. The van der Waals surface area contributed by atoms with Crippen LogP contribution in [0.3, 0.4) is 0 Å². The predicted octanol–water partition coefficient (Wildman–Crippen LogP) is 4.27. The van der Waals surface area contributed by atoms with Crippen LogP contribution in [0.1, 0.15) is 76.2 Å². The van der Waals surface area contributed by atoms with Crippen LogP contribution in [-0.2, 0) is 25.5 Å². The van der Waals surface area contributed by atoms with Crippen LogP contribution in [0.15, 0.2) is 54.6 Å². The van der Waals surface area contributed by atoms with Crippen LogP contribution in [0.2, 0.25) is 5.02 Å². The van der Waals surface area contributed by atoms with Gasteiger partial charge in [0.2, 0.25) is 11.8 Å². The number of carbonyl (C=O) groups is 5. The van der Waals surface area contributed by atoms with E-state index < -0.39 is 35.5 Å². The van der Waals surface area contributed by atoms with E-state index in [1.807, 2.05) is 58.0 Å². The summed E-state index contributed by atoms with van der Waals surface area (Å²) in [5, 5.41) is 12.3. The summed E-state index contributed by atoms with van der Waals surface area (Å²) in [6.07, 6.45) is 2.12. The van der Waals surface area contributed by atoms with Crippen LogP contribution in [0.25, 0.3) is 0 Å². The van der Waals surface area contributed by atoms with Crippen LogP contribution >= 0.6 is 11.6 Å². The molecule has 4 N–H and O–H groups in total. The van der Waals surface area contributed by atoms with Crippen molar-refractivity contribution in [3.05, 3.63) is 70.7 Å². The maximum Gasteiger partial charge on any atom is 0.318 e. The van der Waals surface area contributed by atoms with Gasteiger partial charge in [0.25, 0.3) is 5.91 Å². The van der Waals surface area contributed by atoms with E-state index in [0.29, 0.717) is 56.0 Å². The highest BCUT2D eigenvalue weighted by Crippen LogP contribution is 2.29. The van der Waals surface area contributed by atoms with Crippen molar-refractivity contribution in [3.8, 4) is 0 Å². The molecule has 5 amide bonds. The highest BCUT2D eigenvalue weighted by molar-refractivity contribution is 6.30. The van der Waals surface area contributed by atoms with Crippen molar-refractivity contribution in [1.82, 2.24) is 26.2 Å². The average Bonchev–Trinajstić information content (AvgIpc) is 3.82. The van der Waals surface area contributed by atoms with E-state index in [1.54, 1.807) is 36.1 Å². The lowest BCUT2D eigenvalue weighted by Crippen LogP contribution is -2.59. The average molecular weight is 696 g/mol. The zero-order valence-electron chi connectivity index (χ0n) is 29.1. The molecule has 0 radical (unpaired) electrons. The van der Waals surface area contributed by atoms with Gasteiger partial charge < -0.3 is 30.9 Å². The molecule has 4 rings (SSSR count). The van der Waals surface area contributed by atoms with Crippen molar-refractivity contribution in [2.45, 2.75) is 96.5 Å². The number of hydrogen-bond donors (Lipinski definition) is 4. The number of likely N-dealkylation sites (tertiary alicyclic amines) is 1. The van der Waals surface area contributed by atoms with Gasteiger partial charge in [0.05, 0.1) is 12.6 Å². The second-order valence-corrected chi connectivity index (χ2v) is 14.6. The molecule has 0 aromatic heterocycles. The first-order valence-corrected chi connectivity index (χ1v) is 17.6. The molecule has 2 fully saturated rings. The lowest BCUT2D eigenvalue weighted by Gasteiger charge is -2.34. The van der Waals surface area contributed by atoms with Crippen molar-refractivity contribution in [1.29, 1.82) is 0 Å². The summed E-state index contributed by atoms with van der Waals surface area (Å²) in [6, 6.07) is 12.9. The van der Waals surface area contributed by atoms with E-state index in [-0.39, 0.29) is 42.0 Å². The number of carbonyl (C=O) groups excluding carboxylic acids is 5. The maximum atomic E-state index is 13.8. The minimum atomic E-state index is -0.989. The highest BCUT2D eigenvalue weighted by atomic mass is 35.5. The number of hydrogen-bond acceptors (Lipinski definition) is 6. The molecule has 2 aliphatic rings. The van der Waals surface area contributed by atoms with Crippen LogP contribution in [0, 0.1) is 11.8 Å². The lowest BCUT2D eigenvalue weighted by molar-refractivity contribution is -0.133. The summed E-state index contributed by atoms with van der Waals surface area (Å²) in [4.78, 5) is 68.6. The van der Waals surface area contributed by atoms with Crippen molar-refractivity contribution >= 4 is 41.1 Å². The third-order valence-corrected chi connectivity index (χ3v) is 9.15. The van der Waals surface area contributed by atoms with Crippen LogP contribution < -0.4 is 21.3 Å². The van der Waals surface area contributed by atoms with Crippen molar-refractivity contribution in [3.63, 3.8) is 0 Å². The second-order valence-electron chi connectivity index (χ2n) is 14.2. The van der Waals surface area contributed by atoms with Gasteiger partial charge in [0, 0.05) is 36.1 Å². The van der Waals surface area contributed by atoms with Crippen molar-refractivity contribution in [2.24, 2.45) is 11.8 Å². The summed E-state index contributed by atoms with van der Waals surface area (Å²) in [5.41, 5.74) is 0.441. The zero-order valence-corrected chi connectivity index (χ0v) is 29.8. The number of nitrogens with one attached hydrogen (secondary N) is 4. The normalized spacial score (nSPS) is 19.5. The molecule has 2 heterocycles. The Bertz CT molecular complexity index is 1460. The van der Waals surface area contributed by atoms with Gasteiger partial charge in [-0.1, -0.05) is 69.6 Å². The first kappa shape index (κ1) is 37.9. The number of ketones is 1. The number of rotatable bonds is 15. The number of piperidine rings is 1. The van der Waals surface area contributed by atoms with Crippen molar-refractivity contribution < 1.29 is 28.7 Å². The quantitative estimate of drug-likeness (QED) is 0.205. The Hall–Kier alpha value is -3.96. The Kier molecular flexibility index (Phi) is 13.2. The lowest BCUT2D eigenvalue weighted by atomic mass is 9.93. The topological polar surface area (TPSA) is 149 Å². The molecule has 2 saturated heterocycles. The number of Topliss-reactive ketones (excluding diaryl/α,β-unsaturated/α-hetero) is 1. The molecule has 0 saturated carbocycles. The number of epoxide rings is 1. The zero-order chi connectivity index (χ0) is 35.7. The third kappa shape index (κ3) is 11.3. The number of urea groups is 1. The van der Waals surface area contributed by atoms with Gasteiger partial charge in [-0.15, -0.1) is 0 Å². The monoisotopic (exact) mass is 695 g/mol. The fraction of sp³-hybridized carbons (Fsp3) is 0.541. The van der Waals surface area contributed by atoms with Crippen LogP contribution in [0.5, 0.6) is 0 Å². The standard InChI is InChI=1S/C37H50ClN5O6/c1-23(2)19-29(32(44)37(5)22-49-37)40-35(47)31(21-25-9-7-6-8-10-25)41-34(46)30(20-24(3)4)42-36(48)43-17-15-28(16-18-43)39-33(45)26-11-13-27(38)14-12-26/h6-14,23-24,28-31H,15-22H2,1-5H3,(H,39,45)(H,40,47)(H,41,46)(H,42,48)/t29-,30-,31-,37+/m0/s1. The summed E-state index contributed by atoms with van der Waals surface area (Å²) in [5.74, 6) is -1.13. The number of amides is 5. The number of benzene rings is 2. The van der Waals surface area contributed by atoms with Gasteiger partial charge in [-0.3, -0.25) is 19.2 Å². The van der Waals surface area contributed by atoms with Crippen LogP contribution in [-0.4, -0.2) is 83.9 Å². The summed E-state index contributed by atoms with van der Waals surface area (Å²) >= 11 is 5.93. The minimum absolute atomic E-state index is 0.0681. The minimum Gasteiger partial charge on any atom is -0.361 e. The fourth-order valence-electron chi connectivity index (χ4n) is 5.97. The molecule has 11 nitrogen and oxygen atoms in total. The van der Waals surface area contributed by atoms with E-state index in [1.165, 1.54) is 0 Å². The Labute approximate surface area is 294 Å². The van der Waals surface area contributed by atoms with E-state index >= 15 is 0 Å². The molecule has 2 aromatic rings. The molecule has 0 spiro atoms. The third-order valence-electron chi connectivity index (χ3n) is 8.90. The molecule has 0 bridgehead atoms. The molecule has 0 aliphatic carbocycles. The second kappa shape index (κ2) is 17.1. The molecule has 266 valence electrons. The fourth-order valence-corrected chi connectivity index (χ4v) is 6.09. The molecular formula is C37H50ClN5O6. The first-order chi connectivity index (χ1) is 23.2.